The molecule has 2 aliphatic rings. The molecule has 0 aromatic carbocycles. The van der Waals surface area contributed by atoms with Crippen LogP contribution >= 0.6 is 11.8 Å². The van der Waals surface area contributed by atoms with Crippen LogP contribution in [0.3, 0.4) is 0 Å². The van der Waals surface area contributed by atoms with Gasteiger partial charge >= 0.3 is 5.97 Å². The van der Waals surface area contributed by atoms with E-state index in [1.54, 1.807) is 0 Å². The van der Waals surface area contributed by atoms with E-state index in [2.05, 4.69) is 15.1 Å². The van der Waals surface area contributed by atoms with Gasteiger partial charge in [0.05, 0.1) is 5.75 Å². The zero-order valence-corrected chi connectivity index (χ0v) is 13.2. The molecule has 1 aliphatic carbocycles. The Hall–Kier alpha value is -1.24. The molecule has 2 heterocycles. The van der Waals surface area contributed by atoms with Crippen LogP contribution in [0.2, 0.25) is 0 Å². The summed E-state index contributed by atoms with van der Waals surface area (Å²) in [4.78, 5) is 13.1. The number of hydrogen-bond acceptors (Lipinski definition) is 5. The van der Waals surface area contributed by atoms with E-state index in [9.17, 15) is 4.79 Å². The molecule has 0 bridgehead atoms. The van der Waals surface area contributed by atoms with Gasteiger partial charge in [0.15, 0.2) is 5.16 Å². The third-order valence-electron chi connectivity index (χ3n) is 4.64. The third kappa shape index (κ3) is 3.02. The summed E-state index contributed by atoms with van der Waals surface area (Å²) in [7, 11) is 1.94. The summed E-state index contributed by atoms with van der Waals surface area (Å²) in [6.45, 7) is 1.04. The topological polar surface area (TPSA) is 71.2 Å². The van der Waals surface area contributed by atoms with Gasteiger partial charge in [-0.2, -0.15) is 0 Å². The fourth-order valence-corrected chi connectivity index (χ4v) is 4.31. The lowest BCUT2D eigenvalue weighted by molar-refractivity contribution is -0.133. The maximum Gasteiger partial charge on any atom is 0.313 e. The monoisotopic (exact) mass is 310 g/mol. The second kappa shape index (κ2) is 6.25. The maximum atomic E-state index is 10.7. The van der Waals surface area contributed by atoms with Crippen molar-refractivity contribution in [3.8, 4) is 0 Å². The van der Waals surface area contributed by atoms with Gasteiger partial charge in [-0.1, -0.05) is 24.6 Å². The average molecular weight is 310 g/mol. The summed E-state index contributed by atoms with van der Waals surface area (Å²) in [6, 6.07) is 0.590. The van der Waals surface area contributed by atoms with Gasteiger partial charge in [0, 0.05) is 19.6 Å². The van der Waals surface area contributed by atoms with Crippen molar-refractivity contribution in [2.45, 2.75) is 49.7 Å². The van der Waals surface area contributed by atoms with E-state index in [-0.39, 0.29) is 5.75 Å². The molecule has 116 valence electrons. The number of carboxylic acids is 1. The van der Waals surface area contributed by atoms with Gasteiger partial charge in [-0.15, -0.1) is 10.2 Å². The van der Waals surface area contributed by atoms with Gasteiger partial charge in [-0.3, -0.25) is 9.36 Å². The van der Waals surface area contributed by atoms with Crippen LogP contribution in [-0.4, -0.2) is 44.2 Å². The van der Waals surface area contributed by atoms with Crippen LogP contribution in [0.5, 0.6) is 0 Å². The van der Waals surface area contributed by atoms with Crippen molar-refractivity contribution in [2.24, 2.45) is 13.0 Å². The first kappa shape index (κ1) is 14.7. The molecule has 2 fully saturated rings. The summed E-state index contributed by atoms with van der Waals surface area (Å²) in [5.74, 6) is 0.895. The maximum absolute atomic E-state index is 10.7. The molecule has 0 amide bonds. The van der Waals surface area contributed by atoms with Gasteiger partial charge in [0.1, 0.15) is 0 Å². The van der Waals surface area contributed by atoms with Crippen molar-refractivity contribution in [1.29, 1.82) is 0 Å². The smallest absolute Gasteiger partial charge is 0.313 e. The highest BCUT2D eigenvalue weighted by Crippen LogP contribution is 2.37. The van der Waals surface area contributed by atoms with E-state index >= 15 is 0 Å². The summed E-state index contributed by atoms with van der Waals surface area (Å²) in [5.41, 5.74) is 0. The molecule has 0 spiro atoms. The first-order valence-corrected chi connectivity index (χ1v) is 8.66. The molecule has 1 saturated carbocycles. The molecule has 1 saturated heterocycles. The predicted molar refractivity (Wildman–Crippen MR) is 81.7 cm³/mol. The number of aliphatic carboxylic acids is 1. The minimum atomic E-state index is -0.824. The molecule has 7 heteroatoms. The Morgan fingerprint density at radius 2 is 2.05 bits per heavy atom. The number of aromatic nitrogens is 3. The third-order valence-corrected chi connectivity index (χ3v) is 5.64. The number of carbonyl (C=O) groups is 1. The van der Waals surface area contributed by atoms with Crippen LogP contribution in [0, 0.1) is 5.92 Å². The van der Waals surface area contributed by atoms with E-state index in [0.717, 1.165) is 18.4 Å². The lowest BCUT2D eigenvalue weighted by Crippen LogP contribution is -2.47. The average Bonchev–Trinajstić information content (AvgIpc) is 2.85. The van der Waals surface area contributed by atoms with Crippen LogP contribution < -0.4 is 4.90 Å². The van der Waals surface area contributed by atoms with Crippen molar-refractivity contribution in [3.63, 3.8) is 0 Å². The zero-order chi connectivity index (χ0) is 14.8. The number of piperidine rings is 1. The molecule has 3 rings (SSSR count). The number of fused-ring (bicyclic) bond motifs is 1. The Bertz CT molecular complexity index is 517. The van der Waals surface area contributed by atoms with Gasteiger partial charge in [-0.25, -0.2) is 0 Å². The molecular weight excluding hydrogens is 288 g/mol. The molecule has 1 aromatic heterocycles. The van der Waals surface area contributed by atoms with Crippen LogP contribution in [-0.2, 0) is 11.8 Å². The minimum Gasteiger partial charge on any atom is -0.481 e. The van der Waals surface area contributed by atoms with Crippen LogP contribution in [0.1, 0.15) is 38.5 Å². The number of rotatable bonds is 4. The molecule has 1 N–H and O–H groups in total. The van der Waals surface area contributed by atoms with Crippen LogP contribution in [0.4, 0.5) is 5.95 Å². The van der Waals surface area contributed by atoms with Crippen molar-refractivity contribution in [2.75, 3.05) is 17.2 Å². The Labute approximate surface area is 128 Å². The van der Waals surface area contributed by atoms with E-state index in [4.69, 9.17) is 5.11 Å². The summed E-state index contributed by atoms with van der Waals surface area (Å²) in [5, 5.41) is 18.0. The highest BCUT2D eigenvalue weighted by molar-refractivity contribution is 7.99. The molecule has 2 atom stereocenters. The zero-order valence-electron chi connectivity index (χ0n) is 12.4. The summed E-state index contributed by atoms with van der Waals surface area (Å²) in [6.07, 6.45) is 7.78. The van der Waals surface area contributed by atoms with Gasteiger partial charge in [0.25, 0.3) is 0 Å². The van der Waals surface area contributed by atoms with Crippen molar-refractivity contribution in [1.82, 2.24) is 14.8 Å². The number of nitrogens with zero attached hydrogens (tertiary/aromatic N) is 4. The lowest BCUT2D eigenvalue weighted by Gasteiger charge is -2.44. The van der Waals surface area contributed by atoms with E-state index in [0.29, 0.717) is 11.2 Å². The van der Waals surface area contributed by atoms with Gasteiger partial charge in [-0.05, 0) is 31.6 Å². The van der Waals surface area contributed by atoms with Crippen LogP contribution in [0.25, 0.3) is 0 Å². The first-order chi connectivity index (χ1) is 10.2. The lowest BCUT2D eigenvalue weighted by atomic mass is 9.78. The fourth-order valence-electron chi connectivity index (χ4n) is 3.68. The van der Waals surface area contributed by atoms with Gasteiger partial charge < -0.3 is 10.0 Å². The fraction of sp³-hybridized carbons (Fsp3) is 0.786. The van der Waals surface area contributed by atoms with Crippen molar-refractivity contribution in [3.05, 3.63) is 0 Å². The van der Waals surface area contributed by atoms with Crippen molar-refractivity contribution < 1.29 is 9.90 Å². The first-order valence-electron chi connectivity index (χ1n) is 7.67. The quantitative estimate of drug-likeness (QED) is 0.859. The number of thioether (sulfide) groups is 1. The molecule has 2 unspecified atom stereocenters. The normalized spacial score (nSPS) is 25.7. The second-order valence-corrected chi connectivity index (χ2v) is 6.91. The number of anilines is 1. The van der Waals surface area contributed by atoms with Crippen LogP contribution in [0.15, 0.2) is 5.16 Å². The molecular formula is C14H22N4O2S. The highest BCUT2D eigenvalue weighted by Gasteiger charge is 2.35. The Balaban J connectivity index is 1.77. The minimum absolute atomic E-state index is 0.0258. The van der Waals surface area contributed by atoms with E-state index in [1.807, 2.05) is 11.6 Å². The predicted octanol–water partition coefficient (Wildman–Crippen LogP) is 2.15. The molecule has 1 aliphatic heterocycles. The van der Waals surface area contributed by atoms with Crippen molar-refractivity contribution >= 4 is 23.7 Å². The number of hydrogen-bond donors (Lipinski definition) is 1. The molecule has 21 heavy (non-hydrogen) atoms. The summed E-state index contributed by atoms with van der Waals surface area (Å²) < 4.78 is 1.95. The second-order valence-electron chi connectivity index (χ2n) is 5.97. The number of carboxylic acid groups (broad SMARTS) is 1. The Kier molecular flexibility index (Phi) is 4.37. The summed E-state index contributed by atoms with van der Waals surface area (Å²) >= 11 is 1.23. The molecule has 1 aromatic rings. The van der Waals surface area contributed by atoms with E-state index < -0.39 is 5.97 Å². The molecule has 6 nitrogen and oxygen atoms in total. The Morgan fingerprint density at radius 3 is 2.86 bits per heavy atom. The Morgan fingerprint density at radius 1 is 1.29 bits per heavy atom. The highest BCUT2D eigenvalue weighted by atomic mass is 32.2. The van der Waals surface area contributed by atoms with E-state index in [1.165, 1.54) is 50.3 Å². The largest absolute Gasteiger partial charge is 0.481 e. The SMILES string of the molecule is Cn1c(SCC(=O)O)nnc1N1CCCC2CCCCC21. The standard InChI is InChI=1S/C14H22N4O2S/c1-17-13(15-16-14(17)21-9-12(19)20)18-8-4-6-10-5-2-3-7-11(10)18/h10-11H,2-9H2,1H3,(H,19,20). The molecule has 0 radical (unpaired) electrons. The van der Waals surface area contributed by atoms with Gasteiger partial charge in [0.2, 0.25) is 5.95 Å².